The maximum atomic E-state index is 5.51. The van der Waals surface area contributed by atoms with E-state index in [9.17, 15) is 0 Å². The third-order valence-corrected chi connectivity index (χ3v) is 12.0. The maximum Gasteiger partial charge on any atom is 0.0794 e. The Bertz CT molecular complexity index is 3450. The van der Waals surface area contributed by atoms with Crippen LogP contribution in [0.5, 0.6) is 0 Å². The average molecular weight is 711 g/mol. The van der Waals surface area contributed by atoms with Gasteiger partial charge >= 0.3 is 0 Å². The third kappa shape index (κ3) is 4.69. The number of allylic oxidation sites excluding steroid dienone is 1. The van der Waals surface area contributed by atoms with Crippen LogP contribution in [0.3, 0.4) is 0 Å². The number of aromatic nitrogens is 2. The normalized spacial score (nSPS) is 12.8. The minimum absolute atomic E-state index is 1.00. The molecule has 9 aromatic carbocycles. The van der Waals surface area contributed by atoms with Crippen LogP contribution in [0.4, 0.5) is 0 Å². The number of rotatable bonds is 3. The van der Waals surface area contributed by atoms with E-state index < -0.39 is 0 Å². The molecule has 260 valence electrons. The van der Waals surface area contributed by atoms with Crippen molar-refractivity contribution in [2.24, 2.45) is 0 Å². The molecule has 0 radical (unpaired) electrons. The topological polar surface area (TPSA) is 25.8 Å². The fraction of sp³-hybridized carbons (Fsp3) is 0.0370. The van der Waals surface area contributed by atoms with E-state index in [1.807, 2.05) is 0 Å². The van der Waals surface area contributed by atoms with Crippen molar-refractivity contribution < 1.29 is 0 Å². The van der Waals surface area contributed by atoms with E-state index in [1.165, 1.54) is 81.5 Å². The summed E-state index contributed by atoms with van der Waals surface area (Å²) in [6.45, 7) is 0. The molecule has 2 heterocycles. The Morgan fingerprint density at radius 3 is 1.89 bits per heavy atom. The van der Waals surface area contributed by atoms with E-state index in [4.69, 9.17) is 9.97 Å². The Kier molecular flexibility index (Phi) is 6.79. The zero-order chi connectivity index (χ0) is 36.7. The standard InChI is InChI=1S/C54H34N2/c1-2-14-36(15-3-1)53-48-32-46(42-20-10-11-21-43(42)51(48)47-30-38-16-4-5-17-39(38)31-49(47)55-53)35-22-24-37(25-23-35)52-44-28-26-33-12-6-8-18-40(33)50(44)45-29-27-34-13-7-9-19-41(34)54(45)56-52/h1-5,7-11,13-32H,6,12H2. The summed E-state index contributed by atoms with van der Waals surface area (Å²) < 4.78 is 0. The van der Waals surface area contributed by atoms with Gasteiger partial charge in [0.2, 0.25) is 0 Å². The molecule has 0 fully saturated rings. The first kappa shape index (κ1) is 31.2. The summed E-state index contributed by atoms with van der Waals surface area (Å²) >= 11 is 0. The molecule has 0 saturated heterocycles. The molecule has 0 spiro atoms. The predicted octanol–water partition coefficient (Wildman–Crippen LogP) is 14.5. The van der Waals surface area contributed by atoms with Crippen LogP contribution in [0.2, 0.25) is 0 Å². The number of hydrogen-bond donors (Lipinski definition) is 0. The molecule has 0 aliphatic heterocycles. The molecule has 56 heavy (non-hydrogen) atoms. The van der Waals surface area contributed by atoms with E-state index >= 15 is 0 Å². The van der Waals surface area contributed by atoms with Gasteiger partial charge in [0.25, 0.3) is 0 Å². The minimum atomic E-state index is 1.00. The molecule has 11 aromatic rings. The van der Waals surface area contributed by atoms with Crippen molar-refractivity contribution in [3.05, 3.63) is 187 Å². The first-order chi connectivity index (χ1) is 27.8. The van der Waals surface area contributed by atoms with Gasteiger partial charge in [0.15, 0.2) is 0 Å². The van der Waals surface area contributed by atoms with Gasteiger partial charge in [0.05, 0.1) is 22.4 Å². The first-order valence-electron chi connectivity index (χ1n) is 19.5. The molecule has 1 aliphatic carbocycles. The van der Waals surface area contributed by atoms with Crippen LogP contribution in [-0.2, 0) is 6.42 Å². The highest BCUT2D eigenvalue weighted by atomic mass is 14.7. The van der Waals surface area contributed by atoms with Crippen molar-refractivity contribution in [1.29, 1.82) is 0 Å². The zero-order valence-electron chi connectivity index (χ0n) is 30.6. The second-order valence-corrected chi connectivity index (χ2v) is 15.2. The minimum Gasteiger partial charge on any atom is -0.247 e. The van der Waals surface area contributed by atoms with Crippen molar-refractivity contribution in [2.75, 3.05) is 0 Å². The number of aryl methyl sites for hydroxylation is 1. The summed E-state index contributed by atoms with van der Waals surface area (Å²) in [5.41, 5.74) is 11.4. The molecule has 2 heteroatoms. The number of fused-ring (bicyclic) bond motifs is 13. The lowest BCUT2D eigenvalue weighted by Crippen LogP contribution is -1.98. The quantitative estimate of drug-likeness (QED) is 0.135. The summed E-state index contributed by atoms with van der Waals surface area (Å²) in [5, 5.41) is 14.6. The zero-order valence-corrected chi connectivity index (χ0v) is 30.6. The lowest BCUT2D eigenvalue weighted by molar-refractivity contribution is 0.990. The monoisotopic (exact) mass is 710 g/mol. The highest BCUT2D eigenvalue weighted by Crippen LogP contribution is 2.44. The van der Waals surface area contributed by atoms with Crippen LogP contribution in [0, 0.1) is 0 Å². The number of benzene rings is 9. The van der Waals surface area contributed by atoms with Gasteiger partial charge < -0.3 is 0 Å². The first-order valence-corrected chi connectivity index (χ1v) is 19.5. The lowest BCUT2D eigenvalue weighted by atomic mass is 9.87. The Morgan fingerprint density at radius 2 is 1.05 bits per heavy atom. The van der Waals surface area contributed by atoms with Gasteiger partial charge in [0.1, 0.15) is 0 Å². The molecule has 0 unspecified atom stereocenters. The molecule has 0 amide bonds. The van der Waals surface area contributed by atoms with E-state index in [1.54, 1.807) is 0 Å². The Morgan fingerprint density at radius 1 is 0.393 bits per heavy atom. The molecular weight excluding hydrogens is 677 g/mol. The van der Waals surface area contributed by atoms with Crippen LogP contribution < -0.4 is 0 Å². The highest BCUT2D eigenvalue weighted by molar-refractivity contribution is 6.27. The summed E-state index contributed by atoms with van der Waals surface area (Å²) in [4.78, 5) is 10.9. The van der Waals surface area contributed by atoms with Crippen LogP contribution in [0.15, 0.2) is 176 Å². The van der Waals surface area contributed by atoms with Gasteiger partial charge in [0, 0.05) is 48.8 Å². The molecule has 12 rings (SSSR count). The fourth-order valence-electron chi connectivity index (χ4n) is 9.38. The smallest absolute Gasteiger partial charge is 0.0794 e. The number of hydrogen-bond acceptors (Lipinski definition) is 2. The van der Waals surface area contributed by atoms with Crippen LogP contribution in [0.1, 0.15) is 17.5 Å². The largest absolute Gasteiger partial charge is 0.247 e. The van der Waals surface area contributed by atoms with Crippen molar-refractivity contribution in [1.82, 2.24) is 9.97 Å². The maximum absolute atomic E-state index is 5.51. The van der Waals surface area contributed by atoms with Crippen LogP contribution in [-0.4, -0.2) is 9.97 Å². The van der Waals surface area contributed by atoms with Gasteiger partial charge in [-0.05, 0) is 80.2 Å². The Hall–Kier alpha value is -7.16. The Balaban J connectivity index is 1.11. The number of nitrogens with zero attached hydrogens (tertiary/aromatic N) is 2. The SMILES string of the molecule is C1=Cc2c(ccc3c(-c4ccc(-c5cc6c(-c7ccccc7)nc7cc8ccccc8cc7c6c6ccccc56)cc4)nc4c5ccccc5ccc4c23)CC1. The summed E-state index contributed by atoms with van der Waals surface area (Å²) in [6.07, 6.45) is 6.80. The molecule has 0 saturated carbocycles. The van der Waals surface area contributed by atoms with E-state index in [0.717, 1.165) is 51.8 Å². The van der Waals surface area contributed by atoms with Gasteiger partial charge in [-0.15, -0.1) is 0 Å². The van der Waals surface area contributed by atoms with Crippen LogP contribution in [0.25, 0.3) is 115 Å². The van der Waals surface area contributed by atoms with E-state index in [2.05, 4.69) is 182 Å². The second-order valence-electron chi connectivity index (χ2n) is 15.2. The lowest BCUT2D eigenvalue weighted by Gasteiger charge is -2.19. The summed E-state index contributed by atoms with van der Waals surface area (Å²) in [7, 11) is 0. The van der Waals surface area contributed by atoms with E-state index in [-0.39, 0.29) is 0 Å². The molecule has 2 aromatic heterocycles. The van der Waals surface area contributed by atoms with Crippen molar-refractivity contribution in [2.45, 2.75) is 12.8 Å². The molecule has 0 N–H and O–H groups in total. The Labute approximate surface area is 324 Å². The molecule has 0 bridgehead atoms. The molecule has 1 aliphatic rings. The van der Waals surface area contributed by atoms with Crippen molar-refractivity contribution in [3.63, 3.8) is 0 Å². The fourth-order valence-corrected chi connectivity index (χ4v) is 9.38. The van der Waals surface area contributed by atoms with Gasteiger partial charge in [-0.1, -0.05) is 164 Å². The second kappa shape index (κ2) is 12.2. The molecule has 0 atom stereocenters. The average Bonchev–Trinajstić information content (AvgIpc) is 3.27. The van der Waals surface area contributed by atoms with Gasteiger partial charge in [-0.2, -0.15) is 0 Å². The summed E-state index contributed by atoms with van der Waals surface area (Å²) in [6, 6.07) is 62.0. The van der Waals surface area contributed by atoms with Crippen molar-refractivity contribution >= 4 is 81.7 Å². The third-order valence-electron chi connectivity index (χ3n) is 12.0. The summed E-state index contributed by atoms with van der Waals surface area (Å²) in [5.74, 6) is 0. The van der Waals surface area contributed by atoms with Crippen molar-refractivity contribution in [3.8, 4) is 33.6 Å². The van der Waals surface area contributed by atoms with Gasteiger partial charge in [-0.25, -0.2) is 9.97 Å². The predicted molar refractivity (Wildman–Crippen MR) is 238 cm³/mol. The highest BCUT2D eigenvalue weighted by Gasteiger charge is 2.20. The molecular formula is C54H34N2. The molecule has 2 nitrogen and oxygen atoms in total. The van der Waals surface area contributed by atoms with Crippen LogP contribution >= 0.6 is 0 Å². The number of pyridine rings is 2. The van der Waals surface area contributed by atoms with E-state index in [0.29, 0.717) is 0 Å². The van der Waals surface area contributed by atoms with Gasteiger partial charge in [-0.3, -0.25) is 0 Å².